The Labute approximate surface area is 246 Å². The van der Waals surface area contributed by atoms with Crippen LogP contribution in [0.4, 0.5) is 0 Å². The summed E-state index contributed by atoms with van der Waals surface area (Å²) in [4.78, 5) is 43.6. The van der Waals surface area contributed by atoms with E-state index in [2.05, 4.69) is 31.0 Å². The van der Waals surface area contributed by atoms with E-state index < -0.39 is 0 Å². The van der Waals surface area contributed by atoms with Gasteiger partial charge in [-0.15, -0.1) is 0 Å². The lowest BCUT2D eigenvalue weighted by molar-refractivity contribution is -0.133. The summed E-state index contributed by atoms with van der Waals surface area (Å²) in [5, 5.41) is 0. The highest BCUT2D eigenvalue weighted by molar-refractivity contribution is 5.76. The van der Waals surface area contributed by atoms with Crippen molar-refractivity contribution in [3.63, 3.8) is 0 Å². The van der Waals surface area contributed by atoms with Crippen LogP contribution in [-0.2, 0) is 35.6 Å². The fourth-order valence-corrected chi connectivity index (χ4v) is 5.35. The van der Waals surface area contributed by atoms with Gasteiger partial charge in [-0.2, -0.15) is 0 Å². The Bertz CT molecular complexity index is 1430. The number of imidazole rings is 3. The van der Waals surface area contributed by atoms with Crippen LogP contribution in [0.3, 0.4) is 0 Å². The monoisotopic (exact) mass is 572 g/mol. The SMILES string of the molecule is CCc1nccn1CCC(=O)N1CCCCN(C(=O)Cn2ccnc2)CCCOc2cccc(c2)-c2nccn2CC1. The molecule has 0 fully saturated rings. The van der Waals surface area contributed by atoms with Crippen molar-refractivity contribution in [2.75, 3.05) is 32.8 Å². The van der Waals surface area contributed by atoms with Gasteiger partial charge in [-0.3, -0.25) is 9.59 Å². The molecule has 5 rings (SSSR count). The molecule has 0 radical (unpaired) electrons. The Balaban J connectivity index is 1.31. The topological polar surface area (TPSA) is 103 Å². The Morgan fingerprint density at radius 1 is 0.881 bits per heavy atom. The van der Waals surface area contributed by atoms with Crippen LogP contribution in [0.25, 0.3) is 11.4 Å². The fraction of sp³-hybridized carbons (Fsp3) is 0.452. The Morgan fingerprint density at radius 3 is 2.50 bits per heavy atom. The standard InChI is InChI=1S/C31H40N8O3/c1-2-28-33-11-18-36(28)16-9-29(40)38-14-4-3-13-37(30(41)24-35-17-10-32-25-35)15-6-22-42-27-8-5-7-26(23-27)31-34-12-19-39(31)21-20-38/h5,7-8,10-12,17-19,23,25H,2-4,6,9,13-16,20-22,24H2,1H3. The van der Waals surface area contributed by atoms with Crippen LogP contribution in [-0.4, -0.2) is 83.1 Å². The van der Waals surface area contributed by atoms with Gasteiger partial charge in [0.15, 0.2) is 0 Å². The van der Waals surface area contributed by atoms with Crippen LogP contribution >= 0.6 is 0 Å². The molecule has 0 unspecified atom stereocenters. The highest BCUT2D eigenvalue weighted by atomic mass is 16.5. The van der Waals surface area contributed by atoms with E-state index in [4.69, 9.17) is 4.74 Å². The van der Waals surface area contributed by atoms with E-state index in [0.717, 1.165) is 42.2 Å². The van der Waals surface area contributed by atoms with Crippen LogP contribution in [0.5, 0.6) is 5.75 Å². The van der Waals surface area contributed by atoms with Crippen LogP contribution in [0.1, 0.15) is 38.4 Å². The normalized spacial score (nSPS) is 15.1. The van der Waals surface area contributed by atoms with E-state index in [1.807, 2.05) is 46.5 Å². The number of aryl methyl sites for hydroxylation is 2. The van der Waals surface area contributed by atoms with Gasteiger partial charge in [-0.05, 0) is 31.4 Å². The zero-order chi connectivity index (χ0) is 29.1. The molecule has 3 aromatic heterocycles. The highest BCUT2D eigenvalue weighted by Crippen LogP contribution is 2.23. The molecule has 0 N–H and O–H groups in total. The Hall–Kier alpha value is -4.41. The largest absolute Gasteiger partial charge is 0.494 e. The molecule has 2 bridgehead atoms. The molecule has 1 aliphatic heterocycles. The average molecular weight is 573 g/mol. The first-order valence-corrected chi connectivity index (χ1v) is 14.9. The van der Waals surface area contributed by atoms with Gasteiger partial charge in [0.05, 0.1) is 12.9 Å². The van der Waals surface area contributed by atoms with Gasteiger partial charge in [0.25, 0.3) is 0 Å². The first-order valence-electron chi connectivity index (χ1n) is 14.9. The molecule has 11 nitrogen and oxygen atoms in total. The molecular formula is C31H40N8O3. The molecule has 2 amide bonds. The summed E-state index contributed by atoms with van der Waals surface area (Å²) in [6, 6.07) is 7.93. The molecule has 11 heteroatoms. The van der Waals surface area contributed by atoms with Crippen LogP contribution in [0.2, 0.25) is 0 Å². The maximum Gasteiger partial charge on any atom is 0.242 e. The number of carbonyl (C=O) groups is 2. The van der Waals surface area contributed by atoms with Gasteiger partial charge >= 0.3 is 0 Å². The molecule has 1 aliphatic rings. The molecule has 0 saturated heterocycles. The summed E-state index contributed by atoms with van der Waals surface area (Å²) in [5.41, 5.74) is 0.962. The number of aromatic nitrogens is 6. The fourth-order valence-electron chi connectivity index (χ4n) is 5.35. The van der Waals surface area contributed by atoms with Crippen molar-refractivity contribution in [1.29, 1.82) is 0 Å². The third-order valence-electron chi connectivity index (χ3n) is 7.63. The zero-order valence-corrected chi connectivity index (χ0v) is 24.3. The number of ether oxygens (including phenoxy) is 1. The summed E-state index contributed by atoms with van der Waals surface area (Å²) in [6.45, 7) is 6.52. The van der Waals surface area contributed by atoms with Crippen LogP contribution in [0.15, 0.2) is 67.8 Å². The number of rotatable bonds is 6. The van der Waals surface area contributed by atoms with Crippen molar-refractivity contribution in [3.05, 3.63) is 73.6 Å². The van der Waals surface area contributed by atoms with Gasteiger partial charge in [0, 0.05) is 94.9 Å². The summed E-state index contributed by atoms with van der Waals surface area (Å²) in [7, 11) is 0. The van der Waals surface area contributed by atoms with Gasteiger partial charge in [0.1, 0.15) is 23.9 Å². The summed E-state index contributed by atoms with van der Waals surface area (Å²) in [6.07, 6.45) is 16.2. The molecule has 1 aromatic carbocycles. The first-order chi connectivity index (χ1) is 20.6. The number of hydrogen-bond donors (Lipinski definition) is 0. The average Bonchev–Trinajstić information content (AvgIpc) is 3.78. The molecule has 4 aromatic rings. The quantitative estimate of drug-likeness (QED) is 0.350. The predicted molar refractivity (Wildman–Crippen MR) is 159 cm³/mol. The van der Waals surface area contributed by atoms with Crippen molar-refractivity contribution in [3.8, 4) is 17.1 Å². The van der Waals surface area contributed by atoms with E-state index in [0.29, 0.717) is 58.7 Å². The summed E-state index contributed by atoms with van der Waals surface area (Å²) < 4.78 is 12.0. The minimum Gasteiger partial charge on any atom is -0.494 e. The predicted octanol–water partition coefficient (Wildman–Crippen LogP) is 3.52. The van der Waals surface area contributed by atoms with E-state index in [1.54, 1.807) is 35.7 Å². The molecule has 0 saturated carbocycles. The molecule has 42 heavy (non-hydrogen) atoms. The lowest BCUT2D eigenvalue weighted by Gasteiger charge is -2.26. The summed E-state index contributed by atoms with van der Waals surface area (Å²) in [5.74, 6) is 2.78. The number of benzene rings is 1. The molecule has 0 aliphatic carbocycles. The van der Waals surface area contributed by atoms with Crippen LogP contribution < -0.4 is 4.74 Å². The molecule has 222 valence electrons. The second-order valence-electron chi connectivity index (χ2n) is 10.5. The van der Waals surface area contributed by atoms with Crippen molar-refractivity contribution >= 4 is 11.8 Å². The number of fused-ring (bicyclic) bond motifs is 4. The van der Waals surface area contributed by atoms with E-state index in [9.17, 15) is 9.59 Å². The first kappa shape index (κ1) is 29.1. The highest BCUT2D eigenvalue weighted by Gasteiger charge is 2.18. The maximum absolute atomic E-state index is 13.5. The van der Waals surface area contributed by atoms with Crippen molar-refractivity contribution in [2.45, 2.75) is 58.7 Å². The lowest BCUT2D eigenvalue weighted by atomic mass is 10.2. The number of amides is 2. The van der Waals surface area contributed by atoms with Crippen molar-refractivity contribution in [2.24, 2.45) is 0 Å². The van der Waals surface area contributed by atoms with Gasteiger partial charge in [-0.25, -0.2) is 15.0 Å². The molecule has 0 spiro atoms. The number of nitrogens with zero attached hydrogens (tertiary/aromatic N) is 8. The molecule has 0 atom stereocenters. The van der Waals surface area contributed by atoms with Crippen molar-refractivity contribution < 1.29 is 14.3 Å². The maximum atomic E-state index is 13.5. The van der Waals surface area contributed by atoms with Crippen LogP contribution in [0, 0.1) is 0 Å². The second kappa shape index (κ2) is 14.5. The number of carbonyl (C=O) groups excluding carboxylic acids is 2. The van der Waals surface area contributed by atoms with E-state index >= 15 is 0 Å². The van der Waals surface area contributed by atoms with Gasteiger partial charge < -0.3 is 28.2 Å². The minimum absolute atomic E-state index is 0.0540. The minimum atomic E-state index is 0.0540. The molecule has 4 heterocycles. The molecular weight excluding hydrogens is 532 g/mol. The smallest absolute Gasteiger partial charge is 0.242 e. The Kier molecular flexibility index (Phi) is 10.0. The van der Waals surface area contributed by atoms with Gasteiger partial charge in [0.2, 0.25) is 11.8 Å². The van der Waals surface area contributed by atoms with E-state index in [1.165, 1.54) is 0 Å². The lowest BCUT2D eigenvalue weighted by Crippen LogP contribution is -2.37. The Morgan fingerprint density at radius 2 is 1.69 bits per heavy atom. The third kappa shape index (κ3) is 7.65. The van der Waals surface area contributed by atoms with Crippen molar-refractivity contribution in [1.82, 2.24) is 38.5 Å². The third-order valence-corrected chi connectivity index (χ3v) is 7.63. The zero-order valence-electron chi connectivity index (χ0n) is 24.3. The van der Waals surface area contributed by atoms with Gasteiger partial charge in [-0.1, -0.05) is 19.1 Å². The second-order valence-corrected chi connectivity index (χ2v) is 10.5. The van der Waals surface area contributed by atoms with E-state index in [-0.39, 0.29) is 18.4 Å². The number of hydrogen-bond acceptors (Lipinski definition) is 6. The summed E-state index contributed by atoms with van der Waals surface area (Å²) >= 11 is 0.